The second-order valence-electron chi connectivity index (χ2n) is 1.76. The minimum atomic E-state index is -3.51. The fourth-order valence-electron chi connectivity index (χ4n) is 0.470. The summed E-state index contributed by atoms with van der Waals surface area (Å²) >= 11 is 1.35. The maximum absolute atomic E-state index is 10.4. The van der Waals surface area contributed by atoms with Crippen LogP contribution in [0.5, 0.6) is 0 Å². The number of primary sulfonamides is 1. The van der Waals surface area contributed by atoms with Crippen LogP contribution >= 0.6 is 11.3 Å². The molecule has 6 heteroatoms. The fourth-order valence-corrected chi connectivity index (χ4v) is 1.40. The highest BCUT2D eigenvalue weighted by Crippen LogP contribution is 2.05. The van der Waals surface area contributed by atoms with E-state index in [4.69, 9.17) is 5.14 Å². The van der Waals surface area contributed by atoms with Crippen molar-refractivity contribution in [3.8, 4) is 0 Å². The predicted molar refractivity (Wildman–Crippen MR) is 44.3 cm³/mol. The molecule has 0 aliphatic carbocycles. The molecule has 0 radical (unpaired) electrons. The van der Waals surface area contributed by atoms with Crippen LogP contribution in [0.2, 0.25) is 0 Å². The van der Waals surface area contributed by atoms with Crippen molar-refractivity contribution in [2.75, 3.05) is 0 Å². The molecule has 0 unspecified atom stereocenters. The highest BCUT2D eigenvalue weighted by molar-refractivity contribution is 7.92. The molecule has 60 valence electrons. The van der Waals surface area contributed by atoms with Gasteiger partial charge in [0.1, 0.15) is 5.01 Å². The Balaban J connectivity index is 2.79. The van der Waals surface area contributed by atoms with Gasteiger partial charge in [0.2, 0.25) is 10.0 Å². The lowest BCUT2D eigenvalue weighted by Crippen LogP contribution is -2.06. The van der Waals surface area contributed by atoms with Crippen molar-refractivity contribution in [1.82, 2.24) is 4.98 Å². The molecule has 1 heterocycles. The SMILES string of the molecule is NS(=O)(=O)C=Cc1nccs1. The molecule has 4 nitrogen and oxygen atoms in total. The maximum Gasteiger partial charge on any atom is 0.231 e. The normalized spacial score (nSPS) is 12.5. The van der Waals surface area contributed by atoms with Gasteiger partial charge in [-0.15, -0.1) is 11.3 Å². The maximum atomic E-state index is 10.4. The molecular weight excluding hydrogens is 184 g/mol. The van der Waals surface area contributed by atoms with Gasteiger partial charge in [-0.2, -0.15) is 0 Å². The van der Waals surface area contributed by atoms with Crippen LogP contribution in [0.4, 0.5) is 0 Å². The molecule has 0 aliphatic heterocycles. The Bertz CT molecular complexity index is 339. The van der Waals surface area contributed by atoms with E-state index in [1.807, 2.05) is 0 Å². The zero-order valence-electron chi connectivity index (χ0n) is 5.47. The monoisotopic (exact) mass is 190 g/mol. The van der Waals surface area contributed by atoms with Gasteiger partial charge in [-0.25, -0.2) is 18.5 Å². The molecule has 0 saturated carbocycles. The lowest BCUT2D eigenvalue weighted by atomic mass is 10.7. The minimum Gasteiger partial charge on any atom is -0.245 e. The van der Waals surface area contributed by atoms with Gasteiger partial charge in [-0.05, 0) is 6.08 Å². The Kier molecular flexibility index (Phi) is 2.38. The van der Waals surface area contributed by atoms with E-state index in [1.54, 1.807) is 11.6 Å². The van der Waals surface area contributed by atoms with Crippen molar-refractivity contribution in [2.24, 2.45) is 5.14 Å². The van der Waals surface area contributed by atoms with Crippen LogP contribution in [-0.2, 0) is 10.0 Å². The first-order valence-electron chi connectivity index (χ1n) is 2.68. The Morgan fingerprint density at radius 3 is 2.82 bits per heavy atom. The third-order valence-electron chi connectivity index (χ3n) is 0.852. The number of nitrogens with zero attached hydrogens (tertiary/aromatic N) is 1. The Morgan fingerprint density at radius 2 is 2.36 bits per heavy atom. The Morgan fingerprint density at radius 1 is 1.64 bits per heavy atom. The molecule has 11 heavy (non-hydrogen) atoms. The predicted octanol–water partition coefficient (Wildman–Crippen LogP) is 0.402. The van der Waals surface area contributed by atoms with Crippen LogP contribution in [0.1, 0.15) is 5.01 Å². The molecule has 0 amide bonds. The Hall–Kier alpha value is -0.720. The van der Waals surface area contributed by atoms with Crippen LogP contribution in [0.3, 0.4) is 0 Å². The molecule has 0 atom stereocenters. The third kappa shape index (κ3) is 3.26. The van der Waals surface area contributed by atoms with Crippen LogP contribution < -0.4 is 5.14 Å². The molecule has 0 spiro atoms. The van der Waals surface area contributed by atoms with E-state index in [-0.39, 0.29) is 0 Å². The second-order valence-corrected chi connectivity index (χ2v) is 4.14. The summed E-state index contributed by atoms with van der Waals surface area (Å²) in [6.07, 6.45) is 2.95. The number of hydrogen-bond donors (Lipinski definition) is 1. The minimum absolute atomic E-state index is 0.624. The average Bonchev–Trinajstić information content (AvgIpc) is 2.32. The topological polar surface area (TPSA) is 73.1 Å². The zero-order chi connectivity index (χ0) is 8.32. The van der Waals surface area contributed by atoms with Crippen molar-refractivity contribution < 1.29 is 8.42 Å². The molecule has 1 aromatic heterocycles. The van der Waals surface area contributed by atoms with E-state index in [0.717, 1.165) is 5.41 Å². The van der Waals surface area contributed by atoms with Crippen LogP contribution in [-0.4, -0.2) is 13.4 Å². The average molecular weight is 190 g/mol. The van der Waals surface area contributed by atoms with Gasteiger partial charge in [0.05, 0.1) is 0 Å². The summed E-state index contributed by atoms with van der Waals surface area (Å²) in [5.41, 5.74) is 0. The number of hydrogen-bond acceptors (Lipinski definition) is 4. The van der Waals surface area contributed by atoms with Crippen molar-refractivity contribution in [3.05, 3.63) is 22.0 Å². The molecule has 1 rings (SSSR count). The summed E-state index contributed by atoms with van der Waals surface area (Å²) in [6.45, 7) is 0. The molecule has 0 aromatic carbocycles. The van der Waals surface area contributed by atoms with E-state index in [9.17, 15) is 8.42 Å². The van der Waals surface area contributed by atoms with Crippen molar-refractivity contribution in [1.29, 1.82) is 0 Å². The van der Waals surface area contributed by atoms with Gasteiger partial charge in [0, 0.05) is 17.0 Å². The summed E-state index contributed by atoms with van der Waals surface area (Å²) in [6, 6.07) is 0. The number of rotatable bonds is 2. The van der Waals surface area contributed by atoms with Crippen molar-refractivity contribution in [2.45, 2.75) is 0 Å². The number of aromatic nitrogens is 1. The molecule has 1 aromatic rings. The fraction of sp³-hybridized carbons (Fsp3) is 0. The van der Waals surface area contributed by atoms with Gasteiger partial charge in [-0.3, -0.25) is 0 Å². The number of thiazole rings is 1. The van der Waals surface area contributed by atoms with Gasteiger partial charge in [-0.1, -0.05) is 0 Å². The third-order valence-corrected chi connectivity index (χ3v) is 2.11. The lowest BCUT2D eigenvalue weighted by Gasteiger charge is -1.82. The smallest absolute Gasteiger partial charge is 0.231 e. The molecule has 0 fully saturated rings. The van der Waals surface area contributed by atoms with Gasteiger partial charge in [0.25, 0.3) is 0 Å². The van der Waals surface area contributed by atoms with Crippen molar-refractivity contribution >= 4 is 27.4 Å². The van der Waals surface area contributed by atoms with Gasteiger partial charge in [0.15, 0.2) is 0 Å². The summed E-state index contributed by atoms with van der Waals surface area (Å²) in [5.74, 6) is 0. The highest BCUT2D eigenvalue weighted by Gasteiger charge is 1.94. The number of nitrogens with two attached hydrogens (primary N) is 1. The van der Waals surface area contributed by atoms with Gasteiger partial charge >= 0.3 is 0 Å². The van der Waals surface area contributed by atoms with E-state index in [0.29, 0.717) is 5.01 Å². The first-order valence-corrected chi connectivity index (χ1v) is 5.17. The summed E-state index contributed by atoms with van der Waals surface area (Å²) in [7, 11) is -3.51. The highest BCUT2D eigenvalue weighted by atomic mass is 32.2. The number of sulfonamides is 1. The zero-order valence-corrected chi connectivity index (χ0v) is 7.10. The molecule has 0 aliphatic rings. The van der Waals surface area contributed by atoms with Crippen LogP contribution in [0.15, 0.2) is 17.0 Å². The van der Waals surface area contributed by atoms with Crippen LogP contribution in [0, 0.1) is 0 Å². The molecule has 2 N–H and O–H groups in total. The van der Waals surface area contributed by atoms with E-state index in [1.165, 1.54) is 17.4 Å². The first-order chi connectivity index (χ1) is 5.08. The van der Waals surface area contributed by atoms with E-state index in [2.05, 4.69) is 4.98 Å². The summed E-state index contributed by atoms with van der Waals surface area (Å²) < 4.78 is 20.8. The molecule has 0 bridgehead atoms. The summed E-state index contributed by atoms with van der Waals surface area (Å²) in [5, 5.41) is 8.01. The molecular formula is C5H6N2O2S2. The van der Waals surface area contributed by atoms with Crippen molar-refractivity contribution in [3.63, 3.8) is 0 Å². The summed E-state index contributed by atoms with van der Waals surface area (Å²) in [4.78, 5) is 3.83. The van der Waals surface area contributed by atoms with E-state index >= 15 is 0 Å². The second kappa shape index (κ2) is 3.12. The lowest BCUT2D eigenvalue weighted by molar-refractivity contribution is 0.606. The largest absolute Gasteiger partial charge is 0.245 e. The van der Waals surface area contributed by atoms with E-state index < -0.39 is 10.0 Å². The van der Waals surface area contributed by atoms with Gasteiger partial charge < -0.3 is 0 Å². The quantitative estimate of drug-likeness (QED) is 0.733. The molecule has 0 saturated heterocycles. The standard InChI is InChI=1S/C5H6N2O2S2/c6-11(8,9)4-1-5-7-2-3-10-5/h1-4H,(H2,6,8,9). The van der Waals surface area contributed by atoms with Crippen LogP contribution in [0.25, 0.3) is 6.08 Å². The first kappa shape index (κ1) is 8.38. The Labute approximate surface area is 68.4 Å².